The van der Waals surface area contributed by atoms with Crippen molar-refractivity contribution < 1.29 is 20.1 Å². The fraction of sp³-hybridized carbons (Fsp3) is 0.286. The third-order valence-electron chi connectivity index (χ3n) is 1.63. The molecule has 1 rings (SSSR count). The Morgan fingerprint density at radius 1 is 1.31 bits per heavy atom. The molecule has 0 aliphatic heterocycles. The average molecular weight is 225 g/mol. The molecule has 0 aromatic rings. The molecule has 3 N–H and O–H groups in total. The van der Waals surface area contributed by atoms with E-state index in [-0.39, 0.29) is 15.6 Å². The zero-order valence-electron chi connectivity index (χ0n) is 6.24. The van der Waals surface area contributed by atoms with Gasteiger partial charge in [-0.05, 0) is 6.08 Å². The van der Waals surface area contributed by atoms with Gasteiger partial charge >= 0.3 is 5.97 Å². The van der Waals surface area contributed by atoms with Gasteiger partial charge in [-0.25, -0.2) is 4.79 Å². The number of hydrogen-bond donors (Lipinski definition) is 3. The summed E-state index contributed by atoms with van der Waals surface area (Å²) in [7, 11) is 0. The lowest BCUT2D eigenvalue weighted by molar-refractivity contribution is -0.134. The minimum atomic E-state index is -1.53. The number of aliphatic hydroxyl groups is 2. The highest BCUT2D eigenvalue weighted by Crippen LogP contribution is 2.29. The Labute approximate surface area is 83.7 Å². The summed E-state index contributed by atoms with van der Waals surface area (Å²) in [5.74, 6) is -1.34. The molecule has 0 saturated heterocycles. The SMILES string of the molecule is O=C(O)C1=CC(Cl)=C(Cl)C(O)C1O. The minimum Gasteiger partial charge on any atom is -0.478 e. The molecule has 2 unspecified atom stereocenters. The molecular formula is C7H6Cl2O4. The van der Waals surface area contributed by atoms with Crippen LogP contribution < -0.4 is 0 Å². The first kappa shape index (κ1) is 10.5. The number of halogens is 2. The maximum atomic E-state index is 10.5. The molecule has 13 heavy (non-hydrogen) atoms. The fourth-order valence-electron chi connectivity index (χ4n) is 0.929. The van der Waals surface area contributed by atoms with E-state index in [1.807, 2.05) is 0 Å². The van der Waals surface area contributed by atoms with Gasteiger partial charge in [-0.3, -0.25) is 0 Å². The van der Waals surface area contributed by atoms with Crippen LogP contribution in [0.4, 0.5) is 0 Å². The van der Waals surface area contributed by atoms with Gasteiger partial charge in [-0.15, -0.1) is 0 Å². The average Bonchev–Trinajstić information content (AvgIpc) is 2.07. The van der Waals surface area contributed by atoms with Gasteiger partial charge in [0.05, 0.1) is 15.6 Å². The van der Waals surface area contributed by atoms with Crippen LogP contribution in [0, 0.1) is 0 Å². The molecule has 0 radical (unpaired) electrons. The fourth-order valence-corrected chi connectivity index (χ4v) is 1.33. The molecule has 0 saturated carbocycles. The highest BCUT2D eigenvalue weighted by Gasteiger charge is 2.32. The van der Waals surface area contributed by atoms with Gasteiger partial charge in [-0.1, -0.05) is 23.2 Å². The van der Waals surface area contributed by atoms with Crippen molar-refractivity contribution in [2.24, 2.45) is 0 Å². The van der Waals surface area contributed by atoms with E-state index in [0.717, 1.165) is 6.08 Å². The molecule has 72 valence electrons. The molecule has 0 spiro atoms. The summed E-state index contributed by atoms with van der Waals surface area (Å²) in [6.45, 7) is 0. The zero-order valence-corrected chi connectivity index (χ0v) is 7.75. The lowest BCUT2D eigenvalue weighted by Gasteiger charge is -2.22. The smallest absolute Gasteiger partial charge is 0.334 e. The highest BCUT2D eigenvalue weighted by atomic mass is 35.5. The minimum absolute atomic E-state index is 0.0723. The topological polar surface area (TPSA) is 77.8 Å². The summed E-state index contributed by atoms with van der Waals surface area (Å²) in [5.41, 5.74) is -0.373. The molecule has 0 heterocycles. The third-order valence-corrected chi connectivity index (χ3v) is 2.47. The molecule has 0 fully saturated rings. The van der Waals surface area contributed by atoms with Crippen molar-refractivity contribution in [3.8, 4) is 0 Å². The Morgan fingerprint density at radius 2 is 1.85 bits per heavy atom. The van der Waals surface area contributed by atoms with E-state index in [9.17, 15) is 15.0 Å². The van der Waals surface area contributed by atoms with Gasteiger partial charge in [0, 0.05) is 0 Å². The molecule has 6 heteroatoms. The number of hydrogen-bond acceptors (Lipinski definition) is 3. The maximum Gasteiger partial charge on any atom is 0.334 e. The number of carboxylic acid groups (broad SMARTS) is 1. The number of aliphatic carboxylic acids is 1. The van der Waals surface area contributed by atoms with Crippen molar-refractivity contribution in [3.63, 3.8) is 0 Å². The molecule has 0 aromatic carbocycles. The summed E-state index contributed by atoms with van der Waals surface area (Å²) in [6.07, 6.45) is -1.98. The predicted octanol–water partition coefficient (Wildman–Crippen LogP) is 0.422. The maximum absolute atomic E-state index is 10.5. The van der Waals surface area contributed by atoms with Gasteiger partial charge in [0.2, 0.25) is 0 Å². The largest absolute Gasteiger partial charge is 0.478 e. The molecule has 0 bridgehead atoms. The van der Waals surface area contributed by atoms with Crippen LogP contribution in [0.1, 0.15) is 0 Å². The molecular weight excluding hydrogens is 219 g/mol. The lowest BCUT2D eigenvalue weighted by atomic mass is 9.99. The Balaban J connectivity index is 3.12. The van der Waals surface area contributed by atoms with Crippen molar-refractivity contribution in [1.82, 2.24) is 0 Å². The van der Waals surface area contributed by atoms with Gasteiger partial charge in [0.1, 0.15) is 12.2 Å². The summed E-state index contributed by atoms with van der Waals surface area (Å²) < 4.78 is 0. The molecule has 1 aliphatic rings. The lowest BCUT2D eigenvalue weighted by Crippen LogP contribution is -2.34. The number of aliphatic hydroxyl groups excluding tert-OH is 2. The van der Waals surface area contributed by atoms with Crippen molar-refractivity contribution in [2.45, 2.75) is 12.2 Å². The van der Waals surface area contributed by atoms with Crippen molar-refractivity contribution in [3.05, 3.63) is 21.7 Å². The third kappa shape index (κ3) is 1.86. The Bertz CT molecular complexity index is 308. The van der Waals surface area contributed by atoms with E-state index < -0.39 is 18.2 Å². The van der Waals surface area contributed by atoms with Crippen LogP contribution in [0.25, 0.3) is 0 Å². The van der Waals surface area contributed by atoms with E-state index in [4.69, 9.17) is 28.3 Å². The van der Waals surface area contributed by atoms with Gasteiger partial charge in [0.25, 0.3) is 0 Å². The molecule has 0 amide bonds. The van der Waals surface area contributed by atoms with E-state index >= 15 is 0 Å². The van der Waals surface area contributed by atoms with E-state index in [2.05, 4.69) is 0 Å². The van der Waals surface area contributed by atoms with Gasteiger partial charge in [0.15, 0.2) is 0 Å². The van der Waals surface area contributed by atoms with Crippen LogP contribution in [0.5, 0.6) is 0 Å². The van der Waals surface area contributed by atoms with Gasteiger partial charge < -0.3 is 15.3 Å². The second-order valence-corrected chi connectivity index (χ2v) is 3.30. The molecule has 4 nitrogen and oxygen atoms in total. The van der Waals surface area contributed by atoms with E-state index in [1.54, 1.807) is 0 Å². The van der Waals surface area contributed by atoms with Crippen LogP contribution in [0.15, 0.2) is 21.7 Å². The van der Waals surface area contributed by atoms with Crippen LogP contribution >= 0.6 is 23.2 Å². The molecule has 1 aliphatic carbocycles. The van der Waals surface area contributed by atoms with Gasteiger partial charge in [-0.2, -0.15) is 0 Å². The Morgan fingerprint density at radius 3 is 2.31 bits per heavy atom. The second-order valence-electron chi connectivity index (χ2n) is 2.49. The first-order valence-corrected chi connectivity index (χ1v) is 4.07. The number of allylic oxidation sites excluding steroid dienone is 2. The second kappa shape index (κ2) is 3.67. The van der Waals surface area contributed by atoms with Crippen LogP contribution in [-0.4, -0.2) is 33.5 Å². The highest BCUT2D eigenvalue weighted by molar-refractivity contribution is 6.41. The van der Waals surface area contributed by atoms with E-state index in [0.29, 0.717) is 0 Å². The summed E-state index contributed by atoms with van der Waals surface area (Å²) in [5, 5.41) is 26.8. The summed E-state index contributed by atoms with van der Waals surface area (Å²) >= 11 is 11.0. The number of carboxylic acids is 1. The number of rotatable bonds is 1. The Kier molecular flexibility index (Phi) is 2.98. The number of carbonyl (C=O) groups is 1. The van der Waals surface area contributed by atoms with Crippen molar-refractivity contribution in [1.29, 1.82) is 0 Å². The monoisotopic (exact) mass is 224 g/mol. The molecule has 2 atom stereocenters. The quantitative estimate of drug-likeness (QED) is 0.604. The first-order chi connectivity index (χ1) is 5.95. The normalized spacial score (nSPS) is 28.8. The van der Waals surface area contributed by atoms with Crippen LogP contribution in [0.3, 0.4) is 0 Å². The van der Waals surface area contributed by atoms with Crippen LogP contribution in [0.2, 0.25) is 0 Å². The van der Waals surface area contributed by atoms with Crippen LogP contribution in [-0.2, 0) is 4.79 Å². The first-order valence-electron chi connectivity index (χ1n) is 3.31. The summed E-state index contributed by atoms with van der Waals surface area (Å²) in [6, 6.07) is 0. The predicted molar refractivity (Wildman–Crippen MR) is 46.5 cm³/mol. The van der Waals surface area contributed by atoms with E-state index in [1.165, 1.54) is 0 Å². The van der Waals surface area contributed by atoms with Crippen molar-refractivity contribution in [2.75, 3.05) is 0 Å². The molecule has 0 aromatic heterocycles. The summed E-state index contributed by atoms with van der Waals surface area (Å²) in [4.78, 5) is 10.5. The zero-order chi connectivity index (χ0) is 10.2. The Hall–Kier alpha value is -0.550. The standard InChI is InChI=1S/C7H6Cl2O4/c8-3-1-2(7(12)13)5(10)6(11)4(3)9/h1,5-6,10-11H,(H,12,13). The van der Waals surface area contributed by atoms with Crippen molar-refractivity contribution >= 4 is 29.2 Å².